The summed E-state index contributed by atoms with van der Waals surface area (Å²) in [5.41, 5.74) is 3.40. The Morgan fingerprint density at radius 3 is 2.29 bits per heavy atom. The largest absolute Gasteiger partial charge is 0.480 e. The van der Waals surface area contributed by atoms with E-state index in [1.165, 1.54) is 0 Å². The molecule has 0 radical (unpaired) electrons. The number of carbonyl (C=O) groups is 2. The SMILES string of the molecule is Cc1cc(C)cc(C(=O)N[C@H](C/C=C/c2ccccc2)C(=O)O)c1. The van der Waals surface area contributed by atoms with Gasteiger partial charge in [-0.15, -0.1) is 0 Å². The van der Waals surface area contributed by atoms with Crippen LogP contribution in [0.4, 0.5) is 0 Å². The summed E-state index contributed by atoms with van der Waals surface area (Å²) in [5, 5.41) is 11.9. The average molecular weight is 323 g/mol. The van der Waals surface area contributed by atoms with Crippen LogP contribution in [0.3, 0.4) is 0 Å². The second-order valence-electron chi connectivity index (χ2n) is 5.79. The topological polar surface area (TPSA) is 66.4 Å². The van der Waals surface area contributed by atoms with Crippen molar-refractivity contribution in [1.29, 1.82) is 0 Å². The number of carboxylic acids is 1. The molecule has 0 aliphatic rings. The van der Waals surface area contributed by atoms with Gasteiger partial charge in [-0.1, -0.05) is 59.7 Å². The number of benzene rings is 2. The van der Waals surface area contributed by atoms with Gasteiger partial charge in [-0.2, -0.15) is 0 Å². The zero-order valence-corrected chi connectivity index (χ0v) is 13.8. The second kappa shape index (κ2) is 8.11. The van der Waals surface area contributed by atoms with Gasteiger partial charge < -0.3 is 10.4 Å². The highest BCUT2D eigenvalue weighted by Gasteiger charge is 2.19. The lowest BCUT2D eigenvalue weighted by Crippen LogP contribution is -2.40. The van der Waals surface area contributed by atoms with Crippen LogP contribution >= 0.6 is 0 Å². The molecular weight excluding hydrogens is 302 g/mol. The van der Waals surface area contributed by atoms with Crippen molar-refractivity contribution in [3.63, 3.8) is 0 Å². The molecule has 2 rings (SSSR count). The fourth-order valence-electron chi connectivity index (χ4n) is 2.47. The predicted octanol–water partition coefficient (Wildman–Crippen LogP) is 3.59. The van der Waals surface area contributed by atoms with E-state index in [0.29, 0.717) is 5.56 Å². The number of nitrogens with one attached hydrogen (secondary N) is 1. The molecular formula is C20H21NO3. The molecule has 0 heterocycles. The van der Waals surface area contributed by atoms with Crippen LogP contribution in [0.2, 0.25) is 0 Å². The monoisotopic (exact) mass is 323 g/mol. The minimum Gasteiger partial charge on any atom is -0.480 e. The Labute approximate surface area is 141 Å². The molecule has 24 heavy (non-hydrogen) atoms. The van der Waals surface area contributed by atoms with Crippen LogP contribution < -0.4 is 5.32 Å². The van der Waals surface area contributed by atoms with Gasteiger partial charge in [-0.05, 0) is 38.0 Å². The first-order valence-corrected chi connectivity index (χ1v) is 7.79. The van der Waals surface area contributed by atoms with Crippen LogP contribution in [0.1, 0.15) is 33.5 Å². The molecule has 4 heteroatoms. The molecule has 0 unspecified atom stereocenters. The molecule has 0 aliphatic heterocycles. The van der Waals surface area contributed by atoms with E-state index in [0.717, 1.165) is 16.7 Å². The molecule has 0 fully saturated rings. The highest BCUT2D eigenvalue weighted by molar-refractivity contribution is 5.97. The van der Waals surface area contributed by atoms with Gasteiger partial charge in [0.05, 0.1) is 0 Å². The molecule has 1 amide bonds. The number of carbonyl (C=O) groups excluding carboxylic acids is 1. The van der Waals surface area contributed by atoms with Crippen LogP contribution in [-0.2, 0) is 4.79 Å². The molecule has 124 valence electrons. The van der Waals surface area contributed by atoms with E-state index in [1.54, 1.807) is 18.2 Å². The third kappa shape index (κ3) is 5.09. The standard InChI is InChI=1S/C20H21NO3/c1-14-11-15(2)13-17(12-14)19(22)21-18(20(23)24)10-6-9-16-7-4-3-5-8-16/h3-9,11-13,18H,10H2,1-2H3,(H,21,22)(H,23,24)/b9-6+/t18-/m1/s1. The Balaban J connectivity index is 2.04. The molecule has 2 aromatic rings. The highest BCUT2D eigenvalue weighted by Crippen LogP contribution is 2.10. The molecule has 0 saturated carbocycles. The lowest BCUT2D eigenvalue weighted by Gasteiger charge is -2.13. The van der Waals surface area contributed by atoms with E-state index >= 15 is 0 Å². The third-order valence-corrected chi connectivity index (χ3v) is 3.57. The molecule has 4 nitrogen and oxygen atoms in total. The third-order valence-electron chi connectivity index (χ3n) is 3.57. The van der Waals surface area contributed by atoms with Gasteiger partial charge in [0.25, 0.3) is 5.91 Å². The van der Waals surface area contributed by atoms with Crippen molar-refractivity contribution < 1.29 is 14.7 Å². The van der Waals surface area contributed by atoms with Crippen molar-refractivity contribution in [3.05, 3.63) is 76.9 Å². The summed E-state index contributed by atoms with van der Waals surface area (Å²) >= 11 is 0. The molecule has 0 spiro atoms. The first-order chi connectivity index (χ1) is 11.5. The summed E-state index contributed by atoms with van der Waals surface area (Å²) in [6.07, 6.45) is 3.83. The average Bonchev–Trinajstić information content (AvgIpc) is 2.53. The van der Waals surface area contributed by atoms with Crippen LogP contribution in [0.25, 0.3) is 6.08 Å². The zero-order chi connectivity index (χ0) is 17.5. The highest BCUT2D eigenvalue weighted by atomic mass is 16.4. The second-order valence-corrected chi connectivity index (χ2v) is 5.79. The number of amides is 1. The van der Waals surface area contributed by atoms with Gasteiger partial charge in [0.2, 0.25) is 0 Å². The van der Waals surface area contributed by atoms with Crippen molar-refractivity contribution in [2.45, 2.75) is 26.3 Å². The Bertz CT molecular complexity index is 730. The maximum Gasteiger partial charge on any atom is 0.326 e. The number of rotatable bonds is 6. The number of aryl methyl sites for hydroxylation is 2. The Kier molecular flexibility index (Phi) is 5.90. The van der Waals surface area contributed by atoms with Gasteiger partial charge in [0, 0.05) is 5.56 Å². The van der Waals surface area contributed by atoms with E-state index in [1.807, 2.05) is 56.3 Å². The van der Waals surface area contributed by atoms with Crippen molar-refractivity contribution in [2.75, 3.05) is 0 Å². The van der Waals surface area contributed by atoms with Crippen molar-refractivity contribution >= 4 is 18.0 Å². The van der Waals surface area contributed by atoms with Crippen LogP contribution in [0.15, 0.2) is 54.6 Å². The number of carboxylic acid groups (broad SMARTS) is 1. The van der Waals surface area contributed by atoms with Gasteiger partial charge in [-0.25, -0.2) is 4.79 Å². The zero-order valence-electron chi connectivity index (χ0n) is 13.8. The lowest BCUT2D eigenvalue weighted by molar-refractivity contribution is -0.139. The van der Waals surface area contributed by atoms with Crippen molar-refractivity contribution in [3.8, 4) is 0 Å². The first-order valence-electron chi connectivity index (χ1n) is 7.79. The molecule has 2 N–H and O–H groups in total. The van der Waals surface area contributed by atoms with E-state index in [9.17, 15) is 14.7 Å². The minimum atomic E-state index is -1.05. The number of aliphatic carboxylic acids is 1. The van der Waals surface area contributed by atoms with E-state index in [-0.39, 0.29) is 12.3 Å². The van der Waals surface area contributed by atoms with Crippen molar-refractivity contribution in [1.82, 2.24) is 5.32 Å². The van der Waals surface area contributed by atoms with Crippen LogP contribution in [0.5, 0.6) is 0 Å². The first kappa shape index (κ1) is 17.5. The van der Waals surface area contributed by atoms with Gasteiger partial charge in [0.1, 0.15) is 6.04 Å². The molecule has 0 aromatic heterocycles. The summed E-state index contributed by atoms with van der Waals surface area (Å²) in [6, 6.07) is 14.1. The lowest BCUT2D eigenvalue weighted by atomic mass is 10.1. The van der Waals surface area contributed by atoms with Crippen LogP contribution in [0, 0.1) is 13.8 Å². The fourth-order valence-corrected chi connectivity index (χ4v) is 2.47. The summed E-state index contributed by atoms with van der Waals surface area (Å²) in [7, 11) is 0. The molecule has 1 atom stereocenters. The van der Waals surface area contributed by atoms with Gasteiger partial charge in [-0.3, -0.25) is 4.79 Å². The van der Waals surface area contributed by atoms with Crippen LogP contribution in [-0.4, -0.2) is 23.0 Å². The maximum atomic E-state index is 12.3. The van der Waals surface area contributed by atoms with Gasteiger partial charge >= 0.3 is 5.97 Å². The number of hydrogen-bond donors (Lipinski definition) is 2. The Morgan fingerprint density at radius 2 is 1.71 bits per heavy atom. The quantitative estimate of drug-likeness (QED) is 0.854. The maximum absolute atomic E-state index is 12.3. The molecule has 0 aliphatic carbocycles. The smallest absolute Gasteiger partial charge is 0.326 e. The van der Waals surface area contributed by atoms with Crippen molar-refractivity contribution in [2.24, 2.45) is 0 Å². The summed E-state index contributed by atoms with van der Waals surface area (Å²) in [5.74, 6) is -1.42. The predicted molar refractivity (Wildman–Crippen MR) is 94.9 cm³/mol. The number of hydrogen-bond acceptors (Lipinski definition) is 2. The summed E-state index contributed by atoms with van der Waals surface area (Å²) < 4.78 is 0. The Morgan fingerprint density at radius 1 is 1.08 bits per heavy atom. The summed E-state index contributed by atoms with van der Waals surface area (Å²) in [4.78, 5) is 23.7. The van der Waals surface area contributed by atoms with E-state index in [4.69, 9.17) is 0 Å². The molecule has 2 aromatic carbocycles. The fraction of sp³-hybridized carbons (Fsp3) is 0.200. The van der Waals surface area contributed by atoms with E-state index < -0.39 is 12.0 Å². The van der Waals surface area contributed by atoms with E-state index in [2.05, 4.69) is 5.32 Å². The molecule has 0 saturated heterocycles. The minimum absolute atomic E-state index is 0.223. The van der Waals surface area contributed by atoms with Gasteiger partial charge in [0.15, 0.2) is 0 Å². The molecule has 0 bridgehead atoms. The summed E-state index contributed by atoms with van der Waals surface area (Å²) in [6.45, 7) is 3.81. The Hall–Kier alpha value is -2.88. The normalized spacial score (nSPS) is 12.1.